The summed E-state index contributed by atoms with van der Waals surface area (Å²) >= 11 is 0. The van der Waals surface area contributed by atoms with Gasteiger partial charge in [0.05, 0.1) is 19.8 Å². The smallest absolute Gasteiger partial charge is 0.103 e. The highest BCUT2D eigenvalue weighted by atomic mass is 16.5. The largest absolute Gasteiger partial charge is 0.392 e. The number of nitrogens with one attached hydrogen (secondary N) is 1. The molecule has 0 bridgehead atoms. The Bertz CT molecular complexity index is 291. The van der Waals surface area contributed by atoms with E-state index in [-0.39, 0.29) is 6.61 Å². The fraction of sp³-hybridized carbons (Fsp3) is 0.500. The van der Waals surface area contributed by atoms with Gasteiger partial charge in [0.1, 0.15) is 19.6 Å². The maximum absolute atomic E-state index is 8.93. The van der Waals surface area contributed by atoms with Crippen LogP contribution in [0.25, 0.3) is 0 Å². The van der Waals surface area contributed by atoms with E-state index in [1.165, 1.54) is 5.56 Å². The molecule has 1 aliphatic heterocycles. The fourth-order valence-corrected chi connectivity index (χ4v) is 1.89. The predicted molar refractivity (Wildman–Crippen MR) is 57.6 cm³/mol. The standard InChI is InChI=1S/C12H17NO2/c14-10-12-3-1-11(2-4-12)9-13-5-7-15-8-6-13/h1-4,14H,5-10H2/p+1. The lowest BCUT2D eigenvalue weighted by Crippen LogP contribution is -3.12. The molecule has 0 unspecified atom stereocenters. The first-order valence-corrected chi connectivity index (χ1v) is 5.48. The molecule has 1 aliphatic rings. The maximum Gasteiger partial charge on any atom is 0.103 e. The topological polar surface area (TPSA) is 33.9 Å². The van der Waals surface area contributed by atoms with Crippen LogP contribution in [0.4, 0.5) is 0 Å². The van der Waals surface area contributed by atoms with E-state index in [2.05, 4.69) is 12.1 Å². The van der Waals surface area contributed by atoms with Crippen molar-refractivity contribution in [2.75, 3.05) is 26.3 Å². The SMILES string of the molecule is OCc1ccc(C[NH+]2CCOCC2)cc1. The molecule has 1 aromatic carbocycles. The van der Waals surface area contributed by atoms with Gasteiger partial charge >= 0.3 is 0 Å². The maximum atomic E-state index is 8.93. The molecule has 3 nitrogen and oxygen atoms in total. The highest BCUT2D eigenvalue weighted by molar-refractivity contribution is 5.21. The van der Waals surface area contributed by atoms with E-state index in [0.717, 1.165) is 38.4 Å². The van der Waals surface area contributed by atoms with Crippen LogP contribution in [0.15, 0.2) is 24.3 Å². The molecule has 15 heavy (non-hydrogen) atoms. The number of hydrogen-bond acceptors (Lipinski definition) is 2. The molecule has 1 heterocycles. The number of ether oxygens (including phenoxy) is 1. The van der Waals surface area contributed by atoms with Crippen LogP contribution in [-0.4, -0.2) is 31.4 Å². The van der Waals surface area contributed by atoms with Crippen molar-refractivity contribution >= 4 is 0 Å². The highest BCUT2D eigenvalue weighted by Crippen LogP contribution is 2.03. The summed E-state index contributed by atoms with van der Waals surface area (Å²) in [6.45, 7) is 5.15. The van der Waals surface area contributed by atoms with E-state index in [1.54, 1.807) is 4.90 Å². The summed E-state index contributed by atoms with van der Waals surface area (Å²) in [5.41, 5.74) is 2.32. The van der Waals surface area contributed by atoms with Gasteiger partial charge in [-0.3, -0.25) is 0 Å². The molecule has 3 heteroatoms. The molecule has 0 saturated carbocycles. The highest BCUT2D eigenvalue weighted by Gasteiger charge is 2.13. The van der Waals surface area contributed by atoms with E-state index in [9.17, 15) is 0 Å². The Hall–Kier alpha value is -0.900. The molecule has 0 amide bonds. The minimum absolute atomic E-state index is 0.130. The normalized spacial score (nSPS) is 17.9. The Morgan fingerprint density at radius 1 is 1.07 bits per heavy atom. The van der Waals surface area contributed by atoms with Crippen LogP contribution in [0.2, 0.25) is 0 Å². The van der Waals surface area contributed by atoms with Crippen LogP contribution in [0.3, 0.4) is 0 Å². The van der Waals surface area contributed by atoms with Gasteiger partial charge in [-0.1, -0.05) is 24.3 Å². The first kappa shape index (κ1) is 10.6. The Labute approximate surface area is 90.3 Å². The van der Waals surface area contributed by atoms with Gasteiger partial charge < -0.3 is 14.7 Å². The molecule has 1 fully saturated rings. The average molecular weight is 208 g/mol. The monoisotopic (exact) mass is 208 g/mol. The molecule has 0 aromatic heterocycles. The third-order valence-corrected chi connectivity index (χ3v) is 2.86. The van der Waals surface area contributed by atoms with Gasteiger partial charge in [0.2, 0.25) is 0 Å². The quantitative estimate of drug-likeness (QED) is 0.708. The summed E-state index contributed by atoms with van der Waals surface area (Å²) in [5, 5.41) is 8.93. The van der Waals surface area contributed by atoms with Gasteiger partial charge in [-0.25, -0.2) is 0 Å². The third-order valence-electron chi connectivity index (χ3n) is 2.86. The molecule has 0 atom stereocenters. The summed E-state index contributed by atoms with van der Waals surface area (Å²) in [4.78, 5) is 1.58. The van der Waals surface area contributed by atoms with Gasteiger partial charge in [-0.2, -0.15) is 0 Å². The van der Waals surface area contributed by atoms with Crippen molar-refractivity contribution in [3.05, 3.63) is 35.4 Å². The summed E-state index contributed by atoms with van der Waals surface area (Å²) in [6, 6.07) is 8.20. The molecule has 0 radical (unpaired) electrons. The second kappa shape index (κ2) is 5.26. The number of rotatable bonds is 3. The van der Waals surface area contributed by atoms with Crippen molar-refractivity contribution in [2.24, 2.45) is 0 Å². The van der Waals surface area contributed by atoms with Crippen molar-refractivity contribution < 1.29 is 14.7 Å². The average Bonchev–Trinajstić information content (AvgIpc) is 2.31. The second-order valence-corrected chi connectivity index (χ2v) is 4.01. The van der Waals surface area contributed by atoms with E-state index in [4.69, 9.17) is 9.84 Å². The first-order chi connectivity index (χ1) is 7.38. The van der Waals surface area contributed by atoms with Crippen LogP contribution in [0, 0.1) is 0 Å². The van der Waals surface area contributed by atoms with E-state index in [0.29, 0.717) is 0 Å². The van der Waals surface area contributed by atoms with Gasteiger partial charge in [0.15, 0.2) is 0 Å². The zero-order chi connectivity index (χ0) is 10.5. The van der Waals surface area contributed by atoms with Crippen molar-refractivity contribution in [3.63, 3.8) is 0 Å². The van der Waals surface area contributed by atoms with E-state index < -0.39 is 0 Å². The number of hydrogen-bond donors (Lipinski definition) is 2. The lowest BCUT2D eigenvalue weighted by molar-refractivity contribution is -0.921. The summed E-state index contributed by atoms with van der Waals surface area (Å²) < 4.78 is 5.32. The predicted octanol–water partition coefficient (Wildman–Crippen LogP) is -0.406. The van der Waals surface area contributed by atoms with E-state index >= 15 is 0 Å². The van der Waals surface area contributed by atoms with Crippen LogP contribution in [0.5, 0.6) is 0 Å². The Kier molecular flexibility index (Phi) is 3.72. The molecule has 1 saturated heterocycles. The van der Waals surface area contributed by atoms with Crippen LogP contribution in [-0.2, 0) is 17.9 Å². The summed E-state index contributed by atoms with van der Waals surface area (Å²) in [6.07, 6.45) is 0. The van der Waals surface area contributed by atoms with Crippen LogP contribution >= 0.6 is 0 Å². The van der Waals surface area contributed by atoms with Gasteiger partial charge in [-0.15, -0.1) is 0 Å². The van der Waals surface area contributed by atoms with Crippen molar-refractivity contribution in [2.45, 2.75) is 13.2 Å². The Morgan fingerprint density at radius 2 is 1.67 bits per heavy atom. The Balaban J connectivity index is 1.91. The zero-order valence-electron chi connectivity index (χ0n) is 8.91. The number of quaternary nitrogens is 1. The number of benzene rings is 1. The molecule has 2 N–H and O–H groups in total. The van der Waals surface area contributed by atoms with Gasteiger partial charge in [-0.05, 0) is 5.56 Å². The molecular weight excluding hydrogens is 190 g/mol. The minimum Gasteiger partial charge on any atom is -0.392 e. The summed E-state index contributed by atoms with van der Waals surface area (Å²) in [7, 11) is 0. The lowest BCUT2D eigenvalue weighted by Gasteiger charge is -2.23. The molecule has 1 aromatic rings. The van der Waals surface area contributed by atoms with E-state index in [1.807, 2.05) is 12.1 Å². The number of aliphatic hydroxyl groups excluding tert-OH is 1. The molecule has 0 spiro atoms. The molecule has 82 valence electrons. The minimum atomic E-state index is 0.130. The van der Waals surface area contributed by atoms with Crippen molar-refractivity contribution in [1.29, 1.82) is 0 Å². The van der Waals surface area contributed by atoms with Gasteiger partial charge in [0.25, 0.3) is 0 Å². The Morgan fingerprint density at radius 3 is 2.27 bits per heavy atom. The fourth-order valence-electron chi connectivity index (χ4n) is 1.89. The molecular formula is C12H18NO2+. The number of aliphatic hydroxyl groups is 1. The number of morpholine rings is 1. The second-order valence-electron chi connectivity index (χ2n) is 4.01. The third kappa shape index (κ3) is 3.02. The molecule has 2 rings (SSSR count). The van der Waals surface area contributed by atoms with Gasteiger partial charge in [0, 0.05) is 5.56 Å². The van der Waals surface area contributed by atoms with Crippen molar-refractivity contribution in [1.82, 2.24) is 0 Å². The summed E-state index contributed by atoms with van der Waals surface area (Å²) in [5.74, 6) is 0. The zero-order valence-corrected chi connectivity index (χ0v) is 8.91. The van der Waals surface area contributed by atoms with Crippen LogP contribution < -0.4 is 4.90 Å². The van der Waals surface area contributed by atoms with Crippen molar-refractivity contribution in [3.8, 4) is 0 Å². The lowest BCUT2D eigenvalue weighted by atomic mass is 10.1. The first-order valence-electron chi connectivity index (χ1n) is 5.48. The molecule has 0 aliphatic carbocycles. The van der Waals surface area contributed by atoms with Crippen LogP contribution in [0.1, 0.15) is 11.1 Å².